The van der Waals surface area contributed by atoms with E-state index >= 15 is 0 Å². The molecule has 1 atom stereocenters. The van der Waals surface area contributed by atoms with E-state index in [0.717, 1.165) is 5.69 Å². The highest BCUT2D eigenvalue weighted by molar-refractivity contribution is 5.95. The van der Waals surface area contributed by atoms with Gasteiger partial charge < -0.3 is 15.4 Å². The fraction of sp³-hybridized carbons (Fsp3) is 0.455. The fourth-order valence-electron chi connectivity index (χ4n) is 1.84. The summed E-state index contributed by atoms with van der Waals surface area (Å²) >= 11 is 0. The normalized spacial score (nSPS) is 20.2. The SMILES string of the molecule is COc1ccc(N2CC(CN)CC2=O)cn1. The Hall–Kier alpha value is -1.62. The number of pyridine rings is 1. The number of carbonyl (C=O) groups excluding carboxylic acids is 1. The van der Waals surface area contributed by atoms with E-state index in [4.69, 9.17) is 10.5 Å². The molecule has 0 aromatic carbocycles. The molecule has 0 saturated carbocycles. The maximum absolute atomic E-state index is 11.7. The van der Waals surface area contributed by atoms with Crippen LogP contribution in [0.5, 0.6) is 5.88 Å². The second-order valence-corrected chi connectivity index (χ2v) is 3.87. The van der Waals surface area contributed by atoms with Gasteiger partial charge in [-0.25, -0.2) is 4.98 Å². The van der Waals surface area contributed by atoms with E-state index in [9.17, 15) is 4.79 Å². The maximum atomic E-state index is 11.7. The number of nitrogens with zero attached hydrogens (tertiary/aromatic N) is 2. The van der Waals surface area contributed by atoms with Crippen molar-refractivity contribution in [2.75, 3.05) is 25.1 Å². The average Bonchev–Trinajstić information content (AvgIpc) is 2.71. The molecule has 1 aromatic heterocycles. The van der Waals surface area contributed by atoms with Gasteiger partial charge in [0.2, 0.25) is 11.8 Å². The first-order valence-electron chi connectivity index (χ1n) is 5.25. The molecule has 0 spiro atoms. The Bertz CT molecular complexity index is 377. The molecule has 1 aliphatic rings. The number of aromatic nitrogens is 1. The Morgan fingerprint density at radius 3 is 2.94 bits per heavy atom. The molecule has 1 unspecified atom stereocenters. The monoisotopic (exact) mass is 221 g/mol. The van der Waals surface area contributed by atoms with E-state index in [1.165, 1.54) is 0 Å². The lowest BCUT2D eigenvalue weighted by atomic mass is 10.1. The molecule has 1 amide bonds. The Balaban J connectivity index is 2.15. The predicted molar refractivity (Wildman–Crippen MR) is 60.3 cm³/mol. The van der Waals surface area contributed by atoms with Gasteiger partial charge in [0.1, 0.15) is 0 Å². The summed E-state index contributed by atoms with van der Waals surface area (Å²) in [5.41, 5.74) is 6.37. The van der Waals surface area contributed by atoms with Crippen LogP contribution in [0.15, 0.2) is 18.3 Å². The van der Waals surface area contributed by atoms with Gasteiger partial charge in [0.25, 0.3) is 0 Å². The van der Waals surface area contributed by atoms with Crippen molar-refractivity contribution in [1.82, 2.24) is 4.98 Å². The quantitative estimate of drug-likeness (QED) is 0.802. The first-order chi connectivity index (χ1) is 7.74. The van der Waals surface area contributed by atoms with Gasteiger partial charge in [0.15, 0.2) is 0 Å². The molecule has 0 radical (unpaired) electrons. The molecule has 1 saturated heterocycles. The predicted octanol–water partition coefficient (Wildman–Crippen LogP) is 0.402. The molecule has 1 aliphatic heterocycles. The highest BCUT2D eigenvalue weighted by atomic mass is 16.5. The van der Waals surface area contributed by atoms with Crippen LogP contribution in [0, 0.1) is 5.92 Å². The van der Waals surface area contributed by atoms with Crippen LogP contribution in [0.3, 0.4) is 0 Å². The van der Waals surface area contributed by atoms with Crippen LogP contribution in [-0.2, 0) is 4.79 Å². The van der Waals surface area contributed by atoms with Crippen LogP contribution in [-0.4, -0.2) is 31.1 Å². The summed E-state index contributed by atoms with van der Waals surface area (Å²) in [6.07, 6.45) is 2.18. The van der Waals surface area contributed by atoms with Crippen LogP contribution >= 0.6 is 0 Å². The Morgan fingerprint density at radius 1 is 1.62 bits per heavy atom. The van der Waals surface area contributed by atoms with Crippen LogP contribution < -0.4 is 15.4 Å². The highest BCUT2D eigenvalue weighted by Gasteiger charge is 2.29. The highest BCUT2D eigenvalue weighted by Crippen LogP contribution is 2.24. The number of methoxy groups -OCH3 is 1. The van der Waals surface area contributed by atoms with Gasteiger partial charge in [-0.3, -0.25) is 4.79 Å². The topological polar surface area (TPSA) is 68.5 Å². The zero-order valence-electron chi connectivity index (χ0n) is 9.22. The third-order valence-electron chi connectivity index (χ3n) is 2.78. The van der Waals surface area contributed by atoms with Crippen LogP contribution in [0.2, 0.25) is 0 Å². The Labute approximate surface area is 94.2 Å². The van der Waals surface area contributed by atoms with E-state index in [-0.39, 0.29) is 11.8 Å². The number of hydrogen-bond acceptors (Lipinski definition) is 4. The molecule has 2 heterocycles. The van der Waals surface area contributed by atoms with E-state index in [1.807, 2.05) is 6.07 Å². The summed E-state index contributed by atoms with van der Waals surface area (Å²) in [5, 5.41) is 0. The van der Waals surface area contributed by atoms with Gasteiger partial charge in [-0.15, -0.1) is 0 Å². The van der Waals surface area contributed by atoms with Crippen LogP contribution in [0.1, 0.15) is 6.42 Å². The molecule has 2 rings (SSSR count). The second-order valence-electron chi connectivity index (χ2n) is 3.87. The summed E-state index contributed by atoms with van der Waals surface area (Å²) in [4.78, 5) is 17.5. The van der Waals surface area contributed by atoms with E-state index < -0.39 is 0 Å². The van der Waals surface area contributed by atoms with Crippen molar-refractivity contribution in [3.8, 4) is 5.88 Å². The molecule has 1 fully saturated rings. The Morgan fingerprint density at radius 2 is 2.44 bits per heavy atom. The number of rotatable bonds is 3. The van der Waals surface area contributed by atoms with Crippen molar-refractivity contribution in [3.05, 3.63) is 18.3 Å². The van der Waals surface area contributed by atoms with Crippen molar-refractivity contribution < 1.29 is 9.53 Å². The van der Waals surface area contributed by atoms with Crippen molar-refractivity contribution in [2.45, 2.75) is 6.42 Å². The van der Waals surface area contributed by atoms with Crippen molar-refractivity contribution in [3.63, 3.8) is 0 Å². The number of carbonyl (C=O) groups is 1. The first-order valence-corrected chi connectivity index (χ1v) is 5.25. The van der Waals surface area contributed by atoms with Gasteiger partial charge in [0.05, 0.1) is 19.0 Å². The third-order valence-corrected chi connectivity index (χ3v) is 2.78. The van der Waals surface area contributed by atoms with E-state index in [2.05, 4.69) is 4.98 Å². The number of ether oxygens (including phenoxy) is 1. The molecule has 16 heavy (non-hydrogen) atoms. The lowest BCUT2D eigenvalue weighted by Crippen LogP contribution is -2.25. The van der Waals surface area contributed by atoms with Crippen molar-refractivity contribution in [1.29, 1.82) is 0 Å². The van der Waals surface area contributed by atoms with Gasteiger partial charge >= 0.3 is 0 Å². The standard InChI is InChI=1S/C11H15N3O2/c1-16-10-3-2-9(6-13-10)14-7-8(5-12)4-11(14)15/h2-3,6,8H,4-5,7,12H2,1H3. The van der Waals surface area contributed by atoms with Crippen molar-refractivity contribution in [2.24, 2.45) is 11.7 Å². The van der Waals surface area contributed by atoms with E-state index in [0.29, 0.717) is 25.4 Å². The number of nitrogens with two attached hydrogens (primary N) is 1. The lowest BCUT2D eigenvalue weighted by Gasteiger charge is -2.16. The van der Waals surface area contributed by atoms with Gasteiger partial charge in [0, 0.05) is 19.0 Å². The zero-order chi connectivity index (χ0) is 11.5. The zero-order valence-corrected chi connectivity index (χ0v) is 9.22. The largest absolute Gasteiger partial charge is 0.481 e. The summed E-state index contributed by atoms with van der Waals surface area (Å²) in [5.74, 6) is 0.919. The molecule has 5 nitrogen and oxygen atoms in total. The molecular weight excluding hydrogens is 206 g/mol. The molecular formula is C11H15N3O2. The minimum absolute atomic E-state index is 0.113. The molecule has 0 bridgehead atoms. The molecule has 0 aliphatic carbocycles. The summed E-state index contributed by atoms with van der Waals surface area (Å²) < 4.78 is 4.97. The molecule has 1 aromatic rings. The van der Waals surface area contributed by atoms with Crippen LogP contribution in [0.4, 0.5) is 5.69 Å². The average molecular weight is 221 g/mol. The number of hydrogen-bond donors (Lipinski definition) is 1. The van der Waals surface area contributed by atoms with Crippen LogP contribution in [0.25, 0.3) is 0 Å². The minimum atomic E-state index is 0.113. The lowest BCUT2D eigenvalue weighted by molar-refractivity contribution is -0.117. The van der Waals surface area contributed by atoms with Gasteiger partial charge in [-0.1, -0.05) is 0 Å². The summed E-state index contributed by atoms with van der Waals surface area (Å²) in [6.45, 7) is 1.23. The molecule has 2 N–H and O–H groups in total. The number of amides is 1. The second kappa shape index (κ2) is 4.49. The molecule has 86 valence electrons. The fourth-order valence-corrected chi connectivity index (χ4v) is 1.84. The van der Waals surface area contributed by atoms with Gasteiger partial charge in [-0.2, -0.15) is 0 Å². The minimum Gasteiger partial charge on any atom is -0.481 e. The summed E-state index contributed by atoms with van der Waals surface area (Å²) in [7, 11) is 1.56. The Kier molecular flexibility index (Phi) is 3.05. The van der Waals surface area contributed by atoms with Gasteiger partial charge in [-0.05, 0) is 18.5 Å². The first kappa shape index (κ1) is 10.9. The van der Waals surface area contributed by atoms with Crippen molar-refractivity contribution >= 4 is 11.6 Å². The number of anilines is 1. The third kappa shape index (κ3) is 1.99. The summed E-state index contributed by atoms with van der Waals surface area (Å²) in [6, 6.07) is 3.58. The molecule has 5 heteroatoms. The smallest absolute Gasteiger partial charge is 0.227 e. The van der Waals surface area contributed by atoms with E-state index in [1.54, 1.807) is 24.3 Å². The maximum Gasteiger partial charge on any atom is 0.227 e.